The van der Waals surface area contributed by atoms with E-state index in [1.807, 2.05) is 0 Å². The Kier molecular flexibility index (Phi) is 2.69. The summed E-state index contributed by atoms with van der Waals surface area (Å²) >= 11 is 0. The Balaban J connectivity index is 2.27. The van der Waals surface area contributed by atoms with Crippen LogP contribution in [0.4, 0.5) is 0 Å². The first kappa shape index (κ1) is 8.02. The van der Waals surface area contributed by atoms with Gasteiger partial charge >= 0.3 is 0 Å². The van der Waals surface area contributed by atoms with E-state index in [9.17, 15) is 0 Å². The van der Waals surface area contributed by atoms with E-state index < -0.39 is 0 Å². The zero-order valence-electron chi connectivity index (χ0n) is 6.96. The third-order valence-corrected chi connectivity index (χ3v) is 1.92. The van der Waals surface area contributed by atoms with E-state index >= 15 is 0 Å². The Morgan fingerprint density at radius 1 is 1.10 bits per heavy atom. The molecule has 0 bridgehead atoms. The van der Waals surface area contributed by atoms with Crippen LogP contribution in [0.5, 0.6) is 0 Å². The predicted octanol–water partition coefficient (Wildman–Crippen LogP) is 1.94. The molecule has 0 radical (unpaired) electrons. The number of rotatable bonds is 2. The van der Waals surface area contributed by atoms with Gasteiger partial charge in [-0.1, -0.05) is 13.3 Å². The molecule has 1 aliphatic rings. The van der Waals surface area contributed by atoms with Crippen LogP contribution in [0, 0.1) is 0 Å². The molecule has 1 rings (SSSR count). The fraction of sp³-hybridized carbons (Fsp3) is 1.00. The van der Waals surface area contributed by atoms with Gasteiger partial charge in [-0.2, -0.15) is 0 Å². The minimum Gasteiger partial charge on any atom is -0.347 e. The molecule has 0 amide bonds. The number of ether oxygens (including phenoxy) is 2. The van der Waals surface area contributed by atoms with Crippen LogP contribution in [0.1, 0.15) is 33.6 Å². The first-order chi connectivity index (χ1) is 4.74. The van der Waals surface area contributed by atoms with Gasteiger partial charge in [-0.3, -0.25) is 0 Å². The molecule has 1 heterocycles. The third-order valence-electron chi connectivity index (χ3n) is 1.92. The summed E-state index contributed by atoms with van der Waals surface area (Å²) in [5.41, 5.74) is 0. The van der Waals surface area contributed by atoms with Crippen molar-refractivity contribution in [3.63, 3.8) is 0 Å². The van der Waals surface area contributed by atoms with Crippen LogP contribution in [0.15, 0.2) is 0 Å². The van der Waals surface area contributed by atoms with Gasteiger partial charge in [0.2, 0.25) is 0 Å². The van der Waals surface area contributed by atoms with Crippen molar-refractivity contribution >= 4 is 0 Å². The lowest BCUT2D eigenvalue weighted by Gasteiger charge is -2.06. The summed E-state index contributed by atoms with van der Waals surface area (Å²) in [5, 5.41) is 0. The highest BCUT2D eigenvalue weighted by molar-refractivity contribution is 4.68. The highest BCUT2D eigenvalue weighted by Gasteiger charge is 2.28. The molecule has 1 aliphatic heterocycles. The molecule has 0 aromatic heterocycles. The van der Waals surface area contributed by atoms with Gasteiger partial charge in [-0.25, -0.2) is 0 Å². The minimum absolute atomic E-state index is 0.0648. The quantitative estimate of drug-likeness (QED) is 0.589. The van der Waals surface area contributed by atoms with Gasteiger partial charge in [0.25, 0.3) is 0 Å². The summed E-state index contributed by atoms with van der Waals surface area (Å²) < 4.78 is 11.0. The summed E-state index contributed by atoms with van der Waals surface area (Å²) in [6.45, 7) is 6.25. The summed E-state index contributed by atoms with van der Waals surface area (Å²) in [5.74, 6) is 0. The van der Waals surface area contributed by atoms with Crippen molar-refractivity contribution in [1.82, 2.24) is 0 Å². The standard InChI is InChI=1S/C8H16O2/c1-4-5-8-9-6(2)7(3)10-8/h6-8H,4-5H2,1-3H3/t6-,7+,8?. The molecule has 60 valence electrons. The molecular formula is C8H16O2. The van der Waals surface area contributed by atoms with Crippen molar-refractivity contribution in [2.75, 3.05) is 0 Å². The van der Waals surface area contributed by atoms with Crippen LogP contribution in [-0.2, 0) is 9.47 Å². The van der Waals surface area contributed by atoms with Crippen molar-refractivity contribution in [3.8, 4) is 0 Å². The second-order valence-corrected chi connectivity index (χ2v) is 2.90. The van der Waals surface area contributed by atoms with E-state index in [-0.39, 0.29) is 18.5 Å². The van der Waals surface area contributed by atoms with E-state index in [0.717, 1.165) is 12.8 Å². The first-order valence-electron chi connectivity index (χ1n) is 4.05. The van der Waals surface area contributed by atoms with Gasteiger partial charge in [0.05, 0.1) is 12.2 Å². The molecule has 2 nitrogen and oxygen atoms in total. The molecule has 1 saturated heterocycles. The van der Waals surface area contributed by atoms with Gasteiger partial charge in [0.1, 0.15) is 0 Å². The Morgan fingerprint density at radius 2 is 1.60 bits per heavy atom. The van der Waals surface area contributed by atoms with Crippen LogP contribution in [0.25, 0.3) is 0 Å². The molecule has 0 saturated carbocycles. The maximum absolute atomic E-state index is 5.49. The average Bonchev–Trinajstić information content (AvgIpc) is 2.14. The molecule has 0 N–H and O–H groups in total. The second kappa shape index (κ2) is 3.35. The average molecular weight is 144 g/mol. The molecule has 0 spiro atoms. The topological polar surface area (TPSA) is 18.5 Å². The Hall–Kier alpha value is -0.0800. The number of hydrogen-bond donors (Lipinski definition) is 0. The van der Waals surface area contributed by atoms with E-state index in [2.05, 4.69) is 20.8 Å². The summed E-state index contributed by atoms with van der Waals surface area (Å²) in [4.78, 5) is 0. The van der Waals surface area contributed by atoms with E-state index in [4.69, 9.17) is 9.47 Å². The predicted molar refractivity (Wildman–Crippen MR) is 39.8 cm³/mol. The largest absolute Gasteiger partial charge is 0.347 e. The molecule has 0 aliphatic carbocycles. The van der Waals surface area contributed by atoms with E-state index in [1.165, 1.54) is 0 Å². The molecular weight excluding hydrogens is 128 g/mol. The molecule has 3 atom stereocenters. The molecule has 0 aromatic rings. The summed E-state index contributed by atoms with van der Waals surface area (Å²) in [6.07, 6.45) is 2.77. The molecule has 2 heteroatoms. The monoisotopic (exact) mass is 144 g/mol. The number of hydrogen-bond acceptors (Lipinski definition) is 2. The SMILES string of the molecule is CCCC1O[C@@H](C)[C@@H](C)O1. The van der Waals surface area contributed by atoms with Gasteiger partial charge in [-0.05, 0) is 20.3 Å². The van der Waals surface area contributed by atoms with Crippen molar-refractivity contribution < 1.29 is 9.47 Å². The zero-order valence-corrected chi connectivity index (χ0v) is 6.96. The fourth-order valence-corrected chi connectivity index (χ4v) is 1.10. The van der Waals surface area contributed by atoms with Crippen molar-refractivity contribution in [1.29, 1.82) is 0 Å². The van der Waals surface area contributed by atoms with Crippen LogP contribution in [0.2, 0.25) is 0 Å². The maximum Gasteiger partial charge on any atom is 0.158 e. The summed E-state index contributed by atoms with van der Waals surface area (Å²) in [7, 11) is 0. The lowest BCUT2D eigenvalue weighted by atomic mass is 10.3. The van der Waals surface area contributed by atoms with Gasteiger partial charge in [0, 0.05) is 0 Å². The van der Waals surface area contributed by atoms with Crippen molar-refractivity contribution in [3.05, 3.63) is 0 Å². The zero-order chi connectivity index (χ0) is 7.56. The summed E-state index contributed by atoms with van der Waals surface area (Å²) in [6, 6.07) is 0. The minimum atomic E-state index is 0.0648. The smallest absolute Gasteiger partial charge is 0.158 e. The fourth-order valence-electron chi connectivity index (χ4n) is 1.10. The first-order valence-corrected chi connectivity index (χ1v) is 4.05. The van der Waals surface area contributed by atoms with E-state index in [1.54, 1.807) is 0 Å². The molecule has 1 fully saturated rings. The van der Waals surface area contributed by atoms with Crippen LogP contribution in [-0.4, -0.2) is 18.5 Å². The van der Waals surface area contributed by atoms with Gasteiger partial charge in [-0.15, -0.1) is 0 Å². The Labute approximate surface area is 62.5 Å². The normalized spacial score (nSPS) is 40.5. The Bertz CT molecular complexity index is 93.4. The molecule has 0 aromatic carbocycles. The van der Waals surface area contributed by atoms with Gasteiger partial charge < -0.3 is 9.47 Å². The third kappa shape index (κ3) is 1.70. The highest BCUT2D eigenvalue weighted by atomic mass is 16.7. The Morgan fingerprint density at radius 3 is 2.00 bits per heavy atom. The van der Waals surface area contributed by atoms with Crippen LogP contribution in [0.3, 0.4) is 0 Å². The highest BCUT2D eigenvalue weighted by Crippen LogP contribution is 2.20. The molecule has 1 unspecified atom stereocenters. The molecule has 10 heavy (non-hydrogen) atoms. The second-order valence-electron chi connectivity index (χ2n) is 2.90. The maximum atomic E-state index is 5.49. The lowest BCUT2D eigenvalue weighted by molar-refractivity contribution is -0.0670. The van der Waals surface area contributed by atoms with Crippen LogP contribution < -0.4 is 0 Å². The lowest BCUT2D eigenvalue weighted by Crippen LogP contribution is -2.13. The van der Waals surface area contributed by atoms with Crippen molar-refractivity contribution in [2.45, 2.75) is 52.1 Å². The van der Waals surface area contributed by atoms with Crippen LogP contribution >= 0.6 is 0 Å². The van der Waals surface area contributed by atoms with Crippen molar-refractivity contribution in [2.24, 2.45) is 0 Å². The van der Waals surface area contributed by atoms with E-state index in [0.29, 0.717) is 0 Å². The van der Waals surface area contributed by atoms with Gasteiger partial charge in [0.15, 0.2) is 6.29 Å².